The number of benzene rings is 1. The second-order valence-electron chi connectivity index (χ2n) is 4.82. The fourth-order valence-electron chi connectivity index (χ4n) is 1.83. The molecule has 1 aromatic heterocycles. The molecule has 0 aliphatic carbocycles. The van der Waals surface area contributed by atoms with E-state index in [-0.39, 0.29) is 18.6 Å². The average Bonchev–Trinajstić information content (AvgIpc) is 2.43. The predicted octanol–water partition coefficient (Wildman–Crippen LogP) is 2.34. The largest absolute Gasteiger partial charge is 0.396 e. The maximum atomic E-state index is 9.09. The maximum Gasteiger partial charge on any atom is 0.0705 e. The van der Waals surface area contributed by atoms with Crippen LogP contribution in [0.3, 0.4) is 0 Å². The summed E-state index contributed by atoms with van der Waals surface area (Å²) >= 11 is 0. The minimum absolute atomic E-state index is 0.208. The summed E-state index contributed by atoms with van der Waals surface area (Å²) in [7, 11) is 0. The van der Waals surface area contributed by atoms with E-state index in [0.29, 0.717) is 0 Å². The Labute approximate surface area is 108 Å². The number of rotatable bonds is 5. The van der Waals surface area contributed by atoms with Gasteiger partial charge in [-0.3, -0.25) is 4.98 Å². The summed E-state index contributed by atoms with van der Waals surface area (Å²) in [6, 6.07) is 12.5. The molecule has 96 valence electrons. The first-order valence-electron chi connectivity index (χ1n) is 6.39. The molecular formula is C15H20N2O. The average molecular weight is 244 g/mol. The summed E-state index contributed by atoms with van der Waals surface area (Å²) < 4.78 is 0. The first-order chi connectivity index (χ1) is 8.70. The molecule has 0 fully saturated rings. The third kappa shape index (κ3) is 3.06. The number of para-hydroxylation sites is 1. The van der Waals surface area contributed by atoms with Crippen molar-refractivity contribution < 1.29 is 5.11 Å². The zero-order valence-corrected chi connectivity index (χ0v) is 10.9. The number of nitrogens with zero attached hydrogens (tertiary/aromatic N) is 1. The minimum Gasteiger partial charge on any atom is -0.396 e. The lowest BCUT2D eigenvalue weighted by Crippen LogP contribution is -2.33. The minimum atomic E-state index is 0.208. The van der Waals surface area contributed by atoms with Crippen molar-refractivity contribution in [1.29, 1.82) is 0 Å². The molecule has 0 radical (unpaired) electrons. The lowest BCUT2D eigenvalue weighted by atomic mass is 10.1. The number of pyridine rings is 1. The van der Waals surface area contributed by atoms with Crippen molar-refractivity contribution in [2.45, 2.75) is 26.4 Å². The molecular weight excluding hydrogens is 224 g/mol. The second kappa shape index (κ2) is 5.94. The number of fused-ring (bicyclic) bond motifs is 1. The van der Waals surface area contributed by atoms with Crippen LogP contribution < -0.4 is 5.32 Å². The number of hydrogen-bond donors (Lipinski definition) is 2. The maximum absolute atomic E-state index is 9.09. The van der Waals surface area contributed by atoms with E-state index >= 15 is 0 Å². The number of aromatic nitrogens is 1. The Morgan fingerprint density at radius 2 is 1.94 bits per heavy atom. The third-order valence-corrected chi connectivity index (χ3v) is 3.40. The second-order valence-corrected chi connectivity index (χ2v) is 4.82. The summed E-state index contributed by atoms with van der Waals surface area (Å²) in [6.45, 7) is 5.06. The molecule has 3 heteroatoms. The van der Waals surface area contributed by atoms with Gasteiger partial charge in [-0.15, -0.1) is 0 Å². The van der Waals surface area contributed by atoms with Gasteiger partial charge in [-0.1, -0.05) is 31.2 Å². The molecule has 1 heterocycles. The molecule has 2 rings (SSSR count). The lowest BCUT2D eigenvalue weighted by molar-refractivity contribution is 0.207. The molecule has 3 nitrogen and oxygen atoms in total. The predicted molar refractivity (Wildman–Crippen MR) is 74.3 cm³/mol. The molecule has 0 aliphatic heterocycles. The van der Waals surface area contributed by atoms with Crippen molar-refractivity contribution in [3.63, 3.8) is 0 Å². The molecule has 0 amide bonds. The van der Waals surface area contributed by atoms with Crippen LogP contribution in [0.4, 0.5) is 0 Å². The van der Waals surface area contributed by atoms with Crippen LogP contribution in [-0.4, -0.2) is 22.7 Å². The summed E-state index contributed by atoms with van der Waals surface area (Å²) in [5.41, 5.74) is 2.06. The zero-order valence-electron chi connectivity index (χ0n) is 10.9. The van der Waals surface area contributed by atoms with Crippen molar-refractivity contribution in [1.82, 2.24) is 10.3 Å². The van der Waals surface area contributed by atoms with Crippen LogP contribution in [0.1, 0.15) is 19.5 Å². The standard InChI is InChI=1S/C15H20N2O/c1-11(10-18)12(2)16-9-14-8-7-13-5-3-4-6-15(13)17-14/h3-8,11-12,16,18H,9-10H2,1-2H3. The summed E-state index contributed by atoms with van der Waals surface area (Å²) in [5, 5.41) is 13.6. The SMILES string of the molecule is CC(CO)C(C)NCc1ccc2ccccc2n1. The van der Waals surface area contributed by atoms with Gasteiger partial charge in [-0.2, -0.15) is 0 Å². The lowest BCUT2D eigenvalue weighted by Gasteiger charge is -2.19. The molecule has 18 heavy (non-hydrogen) atoms. The Bertz CT molecular complexity index is 513. The molecule has 2 aromatic rings. The van der Waals surface area contributed by atoms with Crippen molar-refractivity contribution in [3.8, 4) is 0 Å². The number of hydrogen-bond acceptors (Lipinski definition) is 3. The van der Waals surface area contributed by atoms with E-state index in [9.17, 15) is 0 Å². The first-order valence-corrected chi connectivity index (χ1v) is 6.39. The van der Waals surface area contributed by atoms with E-state index in [2.05, 4.69) is 29.4 Å². The number of aliphatic hydroxyl groups excluding tert-OH is 1. The monoisotopic (exact) mass is 244 g/mol. The summed E-state index contributed by atoms with van der Waals surface area (Å²) in [6.07, 6.45) is 0. The highest BCUT2D eigenvalue weighted by Gasteiger charge is 2.10. The van der Waals surface area contributed by atoms with Gasteiger partial charge in [0.15, 0.2) is 0 Å². The molecule has 0 saturated heterocycles. The van der Waals surface area contributed by atoms with Gasteiger partial charge in [0, 0.05) is 24.6 Å². The van der Waals surface area contributed by atoms with E-state index < -0.39 is 0 Å². The van der Waals surface area contributed by atoms with Gasteiger partial charge in [0.1, 0.15) is 0 Å². The van der Waals surface area contributed by atoms with Gasteiger partial charge in [0.25, 0.3) is 0 Å². The first kappa shape index (κ1) is 13.0. The van der Waals surface area contributed by atoms with Crippen LogP contribution in [0, 0.1) is 5.92 Å². The van der Waals surface area contributed by atoms with Crippen LogP contribution in [0.25, 0.3) is 10.9 Å². The Morgan fingerprint density at radius 1 is 1.17 bits per heavy atom. The van der Waals surface area contributed by atoms with Crippen molar-refractivity contribution in [3.05, 3.63) is 42.1 Å². The highest BCUT2D eigenvalue weighted by molar-refractivity contribution is 5.78. The quantitative estimate of drug-likeness (QED) is 0.848. The van der Waals surface area contributed by atoms with E-state index in [4.69, 9.17) is 5.11 Å². The fourth-order valence-corrected chi connectivity index (χ4v) is 1.83. The summed E-state index contributed by atoms with van der Waals surface area (Å²) in [5.74, 6) is 0.255. The topological polar surface area (TPSA) is 45.1 Å². The molecule has 0 bridgehead atoms. The Hall–Kier alpha value is -1.45. The molecule has 2 atom stereocenters. The van der Waals surface area contributed by atoms with Crippen LogP contribution in [0.2, 0.25) is 0 Å². The van der Waals surface area contributed by atoms with Gasteiger partial charge in [0.05, 0.1) is 11.2 Å². The van der Waals surface area contributed by atoms with Crippen LogP contribution in [0.15, 0.2) is 36.4 Å². The fraction of sp³-hybridized carbons (Fsp3) is 0.400. The van der Waals surface area contributed by atoms with E-state index in [0.717, 1.165) is 23.1 Å². The Kier molecular flexibility index (Phi) is 4.28. The normalized spacial score (nSPS) is 14.6. The zero-order chi connectivity index (χ0) is 13.0. The number of nitrogens with one attached hydrogen (secondary N) is 1. The van der Waals surface area contributed by atoms with Crippen molar-refractivity contribution in [2.75, 3.05) is 6.61 Å². The van der Waals surface area contributed by atoms with Crippen LogP contribution in [0.5, 0.6) is 0 Å². The highest BCUT2D eigenvalue weighted by Crippen LogP contribution is 2.12. The van der Waals surface area contributed by atoms with Crippen LogP contribution in [-0.2, 0) is 6.54 Å². The van der Waals surface area contributed by atoms with Crippen molar-refractivity contribution in [2.24, 2.45) is 5.92 Å². The molecule has 0 saturated carbocycles. The Morgan fingerprint density at radius 3 is 2.72 bits per heavy atom. The van der Waals surface area contributed by atoms with Gasteiger partial charge < -0.3 is 10.4 Å². The Balaban J connectivity index is 2.04. The van der Waals surface area contributed by atoms with Crippen LogP contribution >= 0.6 is 0 Å². The molecule has 1 aromatic carbocycles. The van der Waals surface area contributed by atoms with E-state index in [1.165, 1.54) is 0 Å². The highest BCUT2D eigenvalue weighted by atomic mass is 16.3. The van der Waals surface area contributed by atoms with Gasteiger partial charge in [-0.25, -0.2) is 0 Å². The summed E-state index contributed by atoms with van der Waals surface area (Å²) in [4.78, 5) is 4.61. The van der Waals surface area contributed by atoms with Crippen molar-refractivity contribution >= 4 is 10.9 Å². The third-order valence-electron chi connectivity index (χ3n) is 3.40. The van der Waals surface area contributed by atoms with Gasteiger partial charge in [-0.05, 0) is 25.0 Å². The molecule has 2 unspecified atom stereocenters. The molecule has 2 N–H and O–H groups in total. The smallest absolute Gasteiger partial charge is 0.0705 e. The van der Waals surface area contributed by atoms with Gasteiger partial charge in [0.2, 0.25) is 0 Å². The van der Waals surface area contributed by atoms with Gasteiger partial charge >= 0.3 is 0 Å². The molecule has 0 spiro atoms. The van der Waals surface area contributed by atoms with E-state index in [1.54, 1.807) is 0 Å². The van der Waals surface area contributed by atoms with E-state index in [1.807, 2.05) is 31.2 Å². The molecule has 0 aliphatic rings. The number of aliphatic hydroxyl groups is 1.